The first kappa shape index (κ1) is 56.2. The molecule has 0 aliphatic heterocycles. The number of hydrogen-bond donors (Lipinski definition) is 1. The topological polar surface area (TPSA) is 93.0 Å². The Morgan fingerprint density at radius 2 is 0.740 bits per heavy atom. The van der Waals surface area contributed by atoms with Gasteiger partial charge in [0.2, 0.25) is 0 Å². The molecule has 0 spiro atoms. The number of pyridine rings is 3. The van der Waals surface area contributed by atoms with Crippen LogP contribution in [0.15, 0.2) is 273 Å². The zero-order chi connectivity index (χ0) is 53.2. The molecule has 11 aromatic rings. The zero-order valence-electron chi connectivity index (χ0n) is 40.9. The predicted molar refractivity (Wildman–Crippen MR) is 297 cm³/mol. The van der Waals surface area contributed by atoms with Crippen molar-refractivity contribution in [3.63, 3.8) is 0 Å². The molecule has 0 aliphatic carbocycles. The summed E-state index contributed by atoms with van der Waals surface area (Å²) in [6.07, 6.45) is 4.54. The predicted octanol–water partition coefficient (Wildman–Crippen LogP) is 11.1. The van der Waals surface area contributed by atoms with Crippen LogP contribution in [0.25, 0.3) is 22.5 Å². The van der Waals surface area contributed by atoms with Crippen LogP contribution in [0.4, 0.5) is 17.6 Å². The zero-order valence-corrected chi connectivity index (χ0v) is 45.2. The van der Waals surface area contributed by atoms with E-state index in [9.17, 15) is 22.4 Å². The number of halogens is 4. The Labute approximate surface area is 459 Å². The molecule has 0 saturated carbocycles. The first-order valence-corrected chi connectivity index (χ1v) is 27.5. The summed E-state index contributed by atoms with van der Waals surface area (Å²) >= 11 is 0. The van der Waals surface area contributed by atoms with Gasteiger partial charge in [0.15, 0.2) is 15.2 Å². The van der Waals surface area contributed by atoms with Gasteiger partial charge in [-0.15, -0.1) is 24.3 Å². The van der Waals surface area contributed by atoms with Crippen LogP contribution in [0.2, 0.25) is 0 Å². The average Bonchev–Trinajstić information content (AvgIpc) is 3.48. The van der Waals surface area contributed by atoms with Gasteiger partial charge >= 0.3 is 5.97 Å². The van der Waals surface area contributed by atoms with E-state index in [4.69, 9.17) is 5.11 Å². The molecule has 1 radical (unpaired) electrons. The largest absolute Gasteiger partial charge is 0.477 e. The van der Waals surface area contributed by atoms with Crippen LogP contribution >= 0.6 is 7.14 Å². The van der Waals surface area contributed by atoms with Crippen LogP contribution in [0.5, 0.6) is 0 Å². The van der Waals surface area contributed by atoms with E-state index in [0.717, 1.165) is 40.2 Å². The quantitative estimate of drug-likeness (QED) is 0.0482. The van der Waals surface area contributed by atoms with E-state index in [1.807, 2.05) is 60.7 Å². The second kappa shape index (κ2) is 27.3. The summed E-state index contributed by atoms with van der Waals surface area (Å²) in [7, 11) is -5.68. The van der Waals surface area contributed by atoms with Crippen molar-refractivity contribution in [3.05, 3.63) is 314 Å². The van der Waals surface area contributed by atoms with Gasteiger partial charge in [0.05, 0.1) is 0 Å². The number of rotatable bonds is 10. The molecule has 3 heterocycles. The molecule has 3 aromatic heterocycles. The van der Waals surface area contributed by atoms with E-state index in [0.29, 0.717) is 11.4 Å². The minimum absolute atomic E-state index is 0. The number of aromatic nitrogens is 3. The Bertz CT molecular complexity index is 3400. The summed E-state index contributed by atoms with van der Waals surface area (Å²) in [4.78, 5) is 21.6. The molecular weight excluding hydrogens is 1190 g/mol. The van der Waals surface area contributed by atoms with Gasteiger partial charge < -0.3 is 19.6 Å². The molecule has 0 amide bonds. The van der Waals surface area contributed by atoms with Crippen LogP contribution in [-0.2, 0) is 24.7 Å². The van der Waals surface area contributed by atoms with Crippen molar-refractivity contribution in [1.82, 2.24) is 15.0 Å². The number of carbonyl (C=O) groups is 1. The van der Waals surface area contributed by atoms with E-state index in [-0.39, 0.29) is 36.9 Å². The molecule has 383 valence electrons. The molecule has 11 rings (SSSR count). The molecular formula is C64H46F4IrN3O3PSi-2. The molecule has 0 unspecified atom stereocenters. The van der Waals surface area contributed by atoms with Gasteiger partial charge in [-0.25, -0.2) is 9.78 Å². The Kier molecular flexibility index (Phi) is 20.0. The number of aromatic carboxylic acids is 1. The third kappa shape index (κ3) is 13.7. The fraction of sp³-hybridized carbons (Fsp3) is 0. The van der Waals surface area contributed by atoms with Gasteiger partial charge in [-0.3, -0.25) is 17.6 Å². The first-order valence-electron chi connectivity index (χ1n) is 23.8. The summed E-state index contributed by atoms with van der Waals surface area (Å²) in [5, 5.41) is 16.1. The molecule has 0 fully saturated rings. The summed E-state index contributed by atoms with van der Waals surface area (Å²) in [6.45, 7) is 0. The number of benzene rings is 8. The molecule has 13 heteroatoms. The summed E-state index contributed by atoms with van der Waals surface area (Å²) in [5.41, 5.74) is 1.35. The second-order valence-corrected chi connectivity index (χ2v) is 23.3. The van der Waals surface area contributed by atoms with E-state index in [1.54, 1.807) is 60.9 Å². The van der Waals surface area contributed by atoms with Gasteiger partial charge in [0.25, 0.3) is 0 Å². The number of nitrogens with zero attached hydrogens (tertiary/aromatic N) is 3. The molecule has 1 N–H and O–H groups in total. The maximum Gasteiger partial charge on any atom is 0.354 e. The van der Waals surface area contributed by atoms with Crippen molar-refractivity contribution in [3.8, 4) is 22.5 Å². The molecule has 0 aliphatic rings. The summed E-state index contributed by atoms with van der Waals surface area (Å²) in [5.74, 6) is -3.56. The van der Waals surface area contributed by atoms with E-state index in [2.05, 4.69) is 142 Å². The molecule has 0 atom stereocenters. The van der Waals surface area contributed by atoms with Crippen LogP contribution in [0.1, 0.15) is 10.5 Å². The Morgan fingerprint density at radius 3 is 1.05 bits per heavy atom. The SMILES string of the molecule is Fc1c[c-]c(-c2ccccn2)c(F)c1.Fc1c[c-]c(-c2ccccn2)c(F)c1.O=C(O)c1ccccn1.O=P(c1ccccc1)(c1ccccc1)c1ccc([Si](c2ccccc2)(c2ccccc2)c2ccccc2)cc1.[Ir]. The van der Waals surface area contributed by atoms with Crippen molar-refractivity contribution in [2.24, 2.45) is 0 Å². The molecule has 0 bridgehead atoms. The van der Waals surface area contributed by atoms with Gasteiger partial charge in [0, 0.05) is 77.9 Å². The van der Waals surface area contributed by atoms with Crippen molar-refractivity contribution in [2.75, 3.05) is 0 Å². The van der Waals surface area contributed by atoms with Crippen molar-refractivity contribution < 1.29 is 52.1 Å². The maximum absolute atomic E-state index is 15.0. The third-order valence-corrected chi connectivity index (χ3v) is 19.8. The molecule has 0 saturated heterocycles. The van der Waals surface area contributed by atoms with Crippen molar-refractivity contribution in [1.29, 1.82) is 0 Å². The second-order valence-electron chi connectivity index (χ2n) is 16.7. The first-order chi connectivity index (χ1) is 37.1. The van der Waals surface area contributed by atoms with Crippen LogP contribution in [-0.4, -0.2) is 34.1 Å². The average molecular weight is 1230 g/mol. The Morgan fingerprint density at radius 1 is 0.416 bits per heavy atom. The van der Waals surface area contributed by atoms with E-state index < -0.39 is 44.5 Å². The summed E-state index contributed by atoms with van der Waals surface area (Å²) < 4.78 is 66.6. The van der Waals surface area contributed by atoms with Crippen LogP contribution in [0, 0.1) is 35.4 Å². The molecule has 77 heavy (non-hydrogen) atoms. The normalized spacial score (nSPS) is 10.6. The van der Waals surface area contributed by atoms with Gasteiger partial charge in [0.1, 0.15) is 5.69 Å². The molecule has 8 aromatic carbocycles. The Hall–Kier alpha value is -8.50. The van der Waals surface area contributed by atoms with Gasteiger partial charge in [-0.05, 0) is 56.4 Å². The van der Waals surface area contributed by atoms with Gasteiger partial charge in [-0.2, -0.15) is 0 Å². The minimum Gasteiger partial charge on any atom is -0.477 e. The third-order valence-electron chi connectivity index (χ3n) is 12.0. The van der Waals surface area contributed by atoms with Gasteiger partial charge in [-0.1, -0.05) is 230 Å². The maximum atomic E-state index is 15.0. The fourth-order valence-electron chi connectivity index (χ4n) is 8.50. The standard InChI is InChI=1S/C36H29OPSi.2C11H6F2N.C6H5NO2.Ir/c37-38(30-16-6-1-7-17-30,31-18-8-2-9-19-31)32-26-28-36(29-27-32)39(33-20-10-3-11-21-33,34-22-12-4-13-23-34)35-24-14-5-15-25-35;2*12-8-4-5-9(10(13)7-8)11-3-1-2-6-14-11;8-6(9)5-3-1-2-4-7-5;/h1-29H;2*1-4,6-7H;1-4H,(H,8,9);/q;2*-1;;. The monoisotopic (exact) mass is 1230 g/mol. The number of carboxylic acids is 1. The van der Waals surface area contributed by atoms with Crippen LogP contribution in [0.3, 0.4) is 0 Å². The summed E-state index contributed by atoms with van der Waals surface area (Å²) in [6, 6.07) is 84.9. The van der Waals surface area contributed by atoms with E-state index >= 15 is 4.57 Å². The number of hydrogen-bond acceptors (Lipinski definition) is 5. The fourth-order valence-corrected chi connectivity index (χ4v) is 15.9. The number of carboxylic acid groups (broad SMARTS) is 1. The molecule has 6 nitrogen and oxygen atoms in total. The van der Waals surface area contributed by atoms with Crippen LogP contribution < -0.4 is 36.7 Å². The van der Waals surface area contributed by atoms with Crippen molar-refractivity contribution >= 4 is 57.8 Å². The van der Waals surface area contributed by atoms with Crippen molar-refractivity contribution in [2.45, 2.75) is 0 Å². The van der Waals surface area contributed by atoms with E-state index in [1.165, 1.54) is 33.0 Å². The smallest absolute Gasteiger partial charge is 0.354 e. The Balaban J connectivity index is 0.000000183. The minimum atomic E-state index is -3.05.